The van der Waals surface area contributed by atoms with Crippen LogP contribution in [0.15, 0.2) is 60.8 Å². The monoisotopic (exact) mass is 450 g/mol. The summed E-state index contributed by atoms with van der Waals surface area (Å²) >= 11 is 7.48. The third-order valence-corrected chi connectivity index (χ3v) is 5.94. The number of carbonyl (C=O) groups is 2. The molecule has 1 aromatic carbocycles. The molecule has 0 saturated carbocycles. The molecule has 6 nitrogen and oxygen atoms in total. The molecule has 8 heteroatoms. The minimum Gasteiger partial charge on any atom is -0.332 e. The molecule has 0 aliphatic heterocycles. The highest BCUT2D eigenvalue weighted by Crippen LogP contribution is 2.32. The van der Waals surface area contributed by atoms with Crippen LogP contribution in [-0.2, 0) is 4.79 Å². The third-order valence-electron chi connectivity index (χ3n) is 4.68. The molecular weight excluding hydrogens is 432 g/mol. The molecule has 0 saturated heterocycles. The smallest absolute Gasteiger partial charge is 0.254 e. The first-order chi connectivity index (χ1) is 14.9. The molecule has 0 aliphatic carbocycles. The maximum Gasteiger partial charge on any atom is 0.254 e. The number of rotatable bonds is 5. The van der Waals surface area contributed by atoms with E-state index in [2.05, 4.69) is 15.3 Å². The lowest BCUT2D eigenvalue weighted by Gasteiger charge is -2.18. The molecule has 2 amide bonds. The Morgan fingerprint density at radius 1 is 1.13 bits per heavy atom. The van der Waals surface area contributed by atoms with Crippen molar-refractivity contribution in [3.63, 3.8) is 0 Å². The summed E-state index contributed by atoms with van der Waals surface area (Å²) in [5.41, 5.74) is 2.84. The molecule has 4 rings (SSSR count). The minimum atomic E-state index is -0.322. The molecule has 3 heterocycles. The van der Waals surface area contributed by atoms with Crippen LogP contribution >= 0.6 is 22.9 Å². The topological polar surface area (TPSA) is 75.2 Å². The van der Waals surface area contributed by atoms with E-state index in [0.717, 1.165) is 15.8 Å². The molecule has 0 radical (unpaired) electrons. The van der Waals surface area contributed by atoms with E-state index in [0.29, 0.717) is 26.9 Å². The van der Waals surface area contributed by atoms with Crippen LogP contribution in [0.2, 0.25) is 4.34 Å². The van der Waals surface area contributed by atoms with Crippen molar-refractivity contribution < 1.29 is 9.59 Å². The van der Waals surface area contributed by atoms with Gasteiger partial charge in [-0.2, -0.15) is 0 Å². The first-order valence-electron chi connectivity index (χ1n) is 9.54. The number of nitrogens with one attached hydrogen (secondary N) is 1. The second kappa shape index (κ2) is 8.83. The molecule has 0 aliphatic rings. The second-order valence-corrected chi connectivity index (χ2v) is 8.82. The summed E-state index contributed by atoms with van der Waals surface area (Å²) in [6.45, 7) is 1.81. The molecule has 0 atom stereocenters. The van der Waals surface area contributed by atoms with Crippen LogP contribution in [0.4, 0.5) is 5.82 Å². The highest BCUT2D eigenvalue weighted by Gasteiger charge is 2.20. The Bertz CT molecular complexity index is 1290. The summed E-state index contributed by atoms with van der Waals surface area (Å²) in [7, 11) is 1.60. The van der Waals surface area contributed by atoms with Crippen LogP contribution in [-0.4, -0.2) is 40.3 Å². The number of hydrogen-bond donors (Lipinski definition) is 1. The number of hydrogen-bond acceptors (Lipinski definition) is 5. The SMILES string of the molecule is Cc1ccnc(NC(=O)CN(C)C(=O)c2cc(-c3ccc(Cl)s3)nc3ccccc23)c1. The first-order valence-corrected chi connectivity index (χ1v) is 10.7. The van der Waals surface area contributed by atoms with Gasteiger partial charge in [-0.05, 0) is 48.9 Å². The number of likely N-dealkylation sites (N-methyl/N-ethyl adjacent to an activating group) is 1. The largest absolute Gasteiger partial charge is 0.332 e. The van der Waals surface area contributed by atoms with E-state index in [4.69, 9.17) is 11.6 Å². The molecule has 3 aromatic heterocycles. The summed E-state index contributed by atoms with van der Waals surface area (Å²) in [5, 5.41) is 3.46. The average molecular weight is 451 g/mol. The third kappa shape index (κ3) is 4.73. The van der Waals surface area contributed by atoms with Crippen molar-refractivity contribution in [2.45, 2.75) is 6.92 Å². The lowest BCUT2D eigenvalue weighted by Crippen LogP contribution is -2.35. The lowest BCUT2D eigenvalue weighted by atomic mass is 10.1. The molecule has 0 bridgehead atoms. The van der Waals surface area contributed by atoms with Crippen LogP contribution in [0.5, 0.6) is 0 Å². The van der Waals surface area contributed by atoms with Crippen LogP contribution < -0.4 is 5.32 Å². The fraction of sp³-hybridized carbons (Fsp3) is 0.130. The normalized spacial score (nSPS) is 10.8. The van der Waals surface area contributed by atoms with Crippen molar-refractivity contribution in [2.75, 3.05) is 18.9 Å². The van der Waals surface area contributed by atoms with E-state index in [1.807, 2.05) is 43.3 Å². The summed E-state index contributed by atoms with van der Waals surface area (Å²) in [6.07, 6.45) is 1.63. The summed E-state index contributed by atoms with van der Waals surface area (Å²) in [6, 6.07) is 16.5. The standard InChI is InChI=1S/C23H19ClN4O2S/c1-14-9-10-25-21(11-14)27-22(29)13-28(2)23(30)16-12-18(19-7-8-20(24)31-19)26-17-6-4-3-5-15(16)17/h3-12H,13H2,1-2H3,(H,25,27,29). The molecule has 4 aromatic rings. The number of pyridine rings is 2. The number of aromatic nitrogens is 2. The van der Waals surface area contributed by atoms with Crippen LogP contribution in [0.1, 0.15) is 15.9 Å². The quantitative estimate of drug-likeness (QED) is 0.462. The molecule has 0 fully saturated rings. The molecule has 31 heavy (non-hydrogen) atoms. The van der Waals surface area contributed by atoms with Gasteiger partial charge in [-0.3, -0.25) is 9.59 Å². The van der Waals surface area contributed by atoms with Gasteiger partial charge in [0.1, 0.15) is 5.82 Å². The van der Waals surface area contributed by atoms with Crippen LogP contribution in [0.3, 0.4) is 0 Å². The maximum atomic E-state index is 13.3. The van der Waals surface area contributed by atoms with Gasteiger partial charge in [0.05, 0.1) is 32.5 Å². The van der Waals surface area contributed by atoms with Gasteiger partial charge in [0.15, 0.2) is 0 Å². The van der Waals surface area contributed by atoms with Crippen molar-refractivity contribution in [3.8, 4) is 10.6 Å². The van der Waals surface area contributed by atoms with Crippen molar-refractivity contribution in [3.05, 3.63) is 76.3 Å². The average Bonchev–Trinajstić information content (AvgIpc) is 3.18. The van der Waals surface area contributed by atoms with Gasteiger partial charge in [0.2, 0.25) is 5.91 Å². The van der Waals surface area contributed by atoms with Gasteiger partial charge >= 0.3 is 0 Å². The lowest BCUT2D eigenvalue weighted by molar-refractivity contribution is -0.116. The summed E-state index contributed by atoms with van der Waals surface area (Å²) in [5.74, 6) is -0.135. The maximum absolute atomic E-state index is 13.3. The van der Waals surface area contributed by atoms with Crippen LogP contribution in [0, 0.1) is 6.92 Å². The van der Waals surface area contributed by atoms with Gasteiger partial charge < -0.3 is 10.2 Å². The van der Waals surface area contributed by atoms with Crippen molar-refractivity contribution in [2.24, 2.45) is 0 Å². The van der Waals surface area contributed by atoms with E-state index in [-0.39, 0.29) is 18.4 Å². The van der Waals surface area contributed by atoms with Gasteiger partial charge in [0, 0.05) is 18.6 Å². The minimum absolute atomic E-state index is 0.106. The number of halogens is 1. The number of thiophene rings is 1. The van der Waals surface area contributed by atoms with E-state index in [9.17, 15) is 9.59 Å². The number of amides is 2. The van der Waals surface area contributed by atoms with E-state index in [1.165, 1.54) is 16.2 Å². The molecule has 0 unspecified atom stereocenters. The zero-order valence-corrected chi connectivity index (χ0v) is 18.5. The number of anilines is 1. The predicted octanol–water partition coefficient (Wildman–Crippen LogP) is 5.03. The second-order valence-electron chi connectivity index (χ2n) is 7.10. The fourth-order valence-electron chi connectivity index (χ4n) is 3.21. The fourth-order valence-corrected chi connectivity index (χ4v) is 4.21. The number of aryl methyl sites for hydroxylation is 1. The zero-order valence-electron chi connectivity index (χ0n) is 16.9. The Morgan fingerprint density at radius 2 is 1.94 bits per heavy atom. The number of benzene rings is 1. The van der Waals surface area contributed by atoms with Gasteiger partial charge in [0.25, 0.3) is 5.91 Å². The Kier molecular flexibility index (Phi) is 5.97. The number of nitrogens with zero attached hydrogens (tertiary/aromatic N) is 3. The number of para-hydroxylation sites is 1. The molecular formula is C23H19ClN4O2S. The van der Waals surface area contributed by atoms with E-state index >= 15 is 0 Å². The molecule has 156 valence electrons. The Balaban J connectivity index is 1.61. The molecule has 0 spiro atoms. The Labute approximate surface area is 188 Å². The Hall–Kier alpha value is -3.29. The van der Waals surface area contributed by atoms with Gasteiger partial charge in [-0.25, -0.2) is 9.97 Å². The molecule has 1 N–H and O–H groups in total. The van der Waals surface area contributed by atoms with Crippen molar-refractivity contribution >= 4 is 51.5 Å². The van der Waals surface area contributed by atoms with Gasteiger partial charge in [-0.15, -0.1) is 11.3 Å². The van der Waals surface area contributed by atoms with Crippen LogP contribution in [0.25, 0.3) is 21.5 Å². The number of fused-ring (bicyclic) bond motifs is 1. The first kappa shape index (κ1) is 21.0. The summed E-state index contributed by atoms with van der Waals surface area (Å²) in [4.78, 5) is 36.8. The predicted molar refractivity (Wildman–Crippen MR) is 125 cm³/mol. The van der Waals surface area contributed by atoms with Crippen molar-refractivity contribution in [1.82, 2.24) is 14.9 Å². The van der Waals surface area contributed by atoms with Crippen molar-refractivity contribution in [1.29, 1.82) is 0 Å². The van der Waals surface area contributed by atoms with E-state index < -0.39 is 0 Å². The zero-order chi connectivity index (χ0) is 22.0. The Morgan fingerprint density at radius 3 is 2.68 bits per heavy atom. The number of carbonyl (C=O) groups excluding carboxylic acids is 2. The highest BCUT2D eigenvalue weighted by molar-refractivity contribution is 7.19. The summed E-state index contributed by atoms with van der Waals surface area (Å²) < 4.78 is 0.649. The van der Waals surface area contributed by atoms with Gasteiger partial charge in [-0.1, -0.05) is 29.8 Å². The van der Waals surface area contributed by atoms with E-state index in [1.54, 1.807) is 31.4 Å². The highest BCUT2D eigenvalue weighted by atomic mass is 35.5.